The molecule has 0 aromatic carbocycles. The van der Waals surface area contributed by atoms with Gasteiger partial charge in [-0.05, 0) is 19.3 Å². The summed E-state index contributed by atoms with van der Waals surface area (Å²) in [7, 11) is 0. The number of amides is 2. The minimum atomic E-state index is -0.901. The first-order valence-electron chi connectivity index (χ1n) is 6.44. The zero-order chi connectivity index (χ0) is 13.6. The number of primary amides is 1. The number of nitrogens with zero attached hydrogens (tertiary/aromatic N) is 1. The second-order valence-electron chi connectivity index (χ2n) is 4.82. The van der Waals surface area contributed by atoms with Crippen molar-refractivity contribution in [2.24, 2.45) is 11.5 Å². The van der Waals surface area contributed by atoms with Crippen molar-refractivity contribution in [1.82, 2.24) is 4.90 Å². The molecule has 0 aromatic rings. The Hall–Kier alpha value is -1.14. The Labute approximate surface area is 108 Å². The van der Waals surface area contributed by atoms with Crippen LogP contribution in [0.1, 0.15) is 32.6 Å². The summed E-state index contributed by atoms with van der Waals surface area (Å²) in [6, 6.07) is 0. The normalized spacial score (nSPS) is 18.3. The van der Waals surface area contributed by atoms with Crippen LogP contribution >= 0.6 is 0 Å². The number of rotatable bonds is 6. The lowest BCUT2D eigenvalue weighted by Gasteiger charge is -2.36. The number of nitrogens with two attached hydrogens (primary N) is 2. The maximum atomic E-state index is 12.4. The molecule has 0 saturated carbocycles. The molecule has 1 rings (SSSR count). The maximum absolute atomic E-state index is 12.4. The standard InChI is InChI=1S/C12H23N3O3/c1-2-3-6-15(9-10(13)16)11(17)12(14)4-7-18-8-5-12/h2-9,14H2,1H3,(H2,13,16). The van der Waals surface area contributed by atoms with Crippen molar-refractivity contribution in [3.63, 3.8) is 0 Å². The largest absolute Gasteiger partial charge is 0.381 e. The number of carbonyl (C=O) groups is 2. The molecule has 0 atom stereocenters. The second-order valence-corrected chi connectivity index (χ2v) is 4.82. The molecule has 0 aromatic heterocycles. The van der Waals surface area contributed by atoms with Crippen LogP contribution < -0.4 is 11.5 Å². The van der Waals surface area contributed by atoms with Crippen LogP contribution in [0.15, 0.2) is 0 Å². The molecule has 1 aliphatic rings. The van der Waals surface area contributed by atoms with Crippen LogP contribution in [0.5, 0.6) is 0 Å². The molecule has 104 valence electrons. The topological polar surface area (TPSA) is 98.7 Å². The van der Waals surface area contributed by atoms with Crippen LogP contribution in [-0.2, 0) is 14.3 Å². The van der Waals surface area contributed by atoms with E-state index in [-0.39, 0.29) is 12.5 Å². The molecule has 0 aliphatic carbocycles. The third-order valence-electron chi connectivity index (χ3n) is 3.23. The Morgan fingerprint density at radius 2 is 1.94 bits per heavy atom. The number of ether oxygens (including phenoxy) is 1. The highest BCUT2D eigenvalue weighted by atomic mass is 16.5. The Balaban J connectivity index is 2.69. The molecular formula is C12H23N3O3. The highest BCUT2D eigenvalue weighted by Gasteiger charge is 2.39. The number of hydrogen-bond acceptors (Lipinski definition) is 4. The van der Waals surface area contributed by atoms with E-state index in [2.05, 4.69) is 0 Å². The van der Waals surface area contributed by atoms with Gasteiger partial charge in [0.15, 0.2) is 0 Å². The Morgan fingerprint density at radius 3 is 2.44 bits per heavy atom. The first-order valence-corrected chi connectivity index (χ1v) is 6.44. The van der Waals surface area contributed by atoms with E-state index in [0.29, 0.717) is 32.6 Å². The molecule has 1 aliphatic heterocycles. The summed E-state index contributed by atoms with van der Waals surface area (Å²) in [6.07, 6.45) is 2.77. The first kappa shape index (κ1) is 14.9. The van der Waals surface area contributed by atoms with Gasteiger partial charge in [-0.25, -0.2) is 0 Å². The van der Waals surface area contributed by atoms with Gasteiger partial charge in [0.1, 0.15) is 0 Å². The van der Waals surface area contributed by atoms with Crippen LogP contribution in [0.25, 0.3) is 0 Å². The van der Waals surface area contributed by atoms with E-state index >= 15 is 0 Å². The molecule has 1 heterocycles. The Morgan fingerprint density at radius 1 is 1.33 bits per heavy atom. The summed E-state index contributed by atoms with van der Waals surface area (Å²) in [5, 5.41) is 0. The minimum Gasteiger partial charge on any atom is -0.381 e. The summed E-state index contributed by atoms with van der Waals surface area (Å²) in [4.78, 5) is 24.9. The number of carbonyl (C=O) groups excluding carboxylic acids is 2. The minimum absolute atomic E-state index is 0.0569. The van der Waals surface area contributed by atoms with Gasteiger partial charge in [-0.3, -0.25) is 9.59 Å². The van der Waals surface area contributed by atoms with Gasteiger partial charge in [0.05, 0.1) is 12.1 Å². The summed E-state index contributed by atoms with van der Waals surface area (Å²) in [5.41, 5.74) is 10.4. The highest BCUT2D eigenvalue weighted by Crippen LogP contribution is 2.20. The molecule has 18 heavy (non-hydrogen) atoms. The molecule has 6 heteroatoms. The summed E-state index contributed by atoms with van der Waals surface area (Å²) < 4.78 is 5.21. The SMILES string of the molecule is CCCCN(CC(N)=O)C(=O)C1(N)CCOCC1. The quantitative estimate of drug-likeness (QED) is 0.677. The van der Waals surface area contributed by atoms with E-state index < -0.39 is 11.4 Å². The molecule has 0 radical (unpaired) electrons. The summed E-state index contributed by atoms with van der Waals surface area (Å²) in [6.45, 7) is 3.47. The van der Waals surface area contributed by atoms with Gasteiger partial charge in [0, 0.05) is 19.8 Å². The fourth-order valence-electron chi connectivity index (χ4n) is 2.05. The van der Waals surface area contributed by atoms with Crippen molar-refractivity contribution in [2.45, 2.75) is 38.1 Å². The molecule has 4 N–H and O–H groups in total. The third-order valence-corrected chi connectivity index (χ3v) is 3.23. The smallest absolute Gasteiger partial charge is 0.243 e. The predicted molar refractivity (Wildman–Crippen MR) is 67.7 cm³/mol. The Kier molecular flexibility index (Phi) is 5.55. The molecule has 0 bridgehead atoms. The van der Waals surface area contributed by atoms with Gasteiger partial charge in [-0.2, -0.15) is 0 Å². The van der Waals surface area contributed by atoms with E-state index in [9.17, 15) is 9.59 Å². The lowest BCUT2D eigenvalue weighted by Crippen LogP contribution is -2.59. The van der Waals surface area contributed by atoms with Gasteiger partial charge >= 0.3 is 0 Å². The van der Waals surface area contributed by atoms with Crippen molar-refractivity contribution >= 4 is 11.8 Å². The lowest BCUT2D eigenvalue weighted by molar-refractivity contribution is -0.143. The third kappa shape index (κ3) is 3.96. The second kappa shape index (κ2) is 6.70. The predicted octanol–water partition coefficient (Wildman–Crippen LogP) is -0.392. The van der Waals surface area contributed by atoms with Gasteiger partial charge < -0.3 is 21.1 Å². The molecule has 0 spiro atoms. The average molecular weight is 257 g/mol. The molecule has 0 unspecified atom stereocenters. The van der Waals surface area contributed by atoms with Crippen molar-refractivity contribution in [2.75, 3.05) is 26.3 Å². The fourth-order valence-corrected chi connectivity index (χ4v) is 2.05. The van der Waals surface area contributed by atoms with Gasteiger partial charge in [-0.15, -0.1) is 0 Å². The van der Waals surface area contributed by atoms with Gasteiger partial charge in [-0.1, -0.05) is 13.3 Å². The number of hydrogen-bond donors (Lipinski definition) is 2. The van der Waals surface area contributed by atoms with E-state index in [1.165, 1.54) is 4.90 Å². The Bertz CT molecular complexity index is 301. The van der Waals surface area contributed by atoms with Crippen molar-refractivity contribution < 1.29 is 14.3 Å². The maximum Gasteiger partial charge on any atom is 0.243 e. The molecule has 1 fully saturated rings. The van der Waals surface area contributed by atoms with Crippen molar-refractivity contribution in [3.8, 4) is 0 Å². The fraction of sp³-hybridized carbons (Fsp3) is 0.833. The van der Waals surface area contributed by atoms with E-state index in [0.717, 1.165) is 12.8 Å². The van der Waals surface area contributed by atoms with E-state index in [1.807, 2.05) is 6.92 Å². The van der Waals surface area contributed by atoms with E-state index in [4.69, 9.17) is 16.2 Å². The van der Waals surface area contributed by atoms with Crippen LogP contribution in [0, 0.1) is 0 Å². The van der Waals surface area contributed by atoms with Crippen LogP contribution in [-0.4, -0.2) is 48.6 Å². The molecular weight excluding hydrogens is 234 g/mol. The zero-order valence-corrected chi connectivity index (χ0v) is 11.0. The summed E-state index contributed by atoms with van der Waals surface area (Å²) in [5.74, 6) is -0.687. The zero-order valence-electron chi connectivity index (χ0n) is 11.0. The van der Waals surface area contributed by atoms with Gasteiger partial charge in [0.2, 0.25) is 11.8 Å². The monoisotopic (exact) mass is 257 g/mol. The van der Waals surface area contributed by atoms with Crippen molar-refractivity contribution in [1.29, 1.82) is 0 Å². The van der Waals surface area contributed by atoms with Crippen molar-refractivity contribution in [3.05, 3.63) is 0 Å². The number of unbranched alkanes of at least 4 members (excludes halogenated alkanes) is 1. The summed E-state index contributed by atoms with van der Waals surface area (Å²) >= 11 is 0. The van der Waals surface area contributed by atoms with Crippen LogP contribution in [0.4, 0.5) is 0 Å². The first-order chi connectivity index (χ1) is 8.49. The average Bonchev–Trinajstić information content (AvgIpc) is 2.34. The van der Waals surface area contributed by atoms with Gasteiger partial charge in [0.25, 0.3) is 0 Å². The lowest BCUT2D eigenvalue weighted by atomic mass is 9.89. The molecule has 2 amide bonds. The van der Waals surface area contributed by atoms with Crippen LogP contribution in [0.3, 0.4) is 0 Å². The van der Waals surface area contributed by atoms with Crippen LogP contribution in [0.2, 0.25) is 0 Å². The van der Waals surface area contributed by atoms with E-state index in [1.54, 1.807) is 0 Å². The molecule has 1 saturated heterocycles. The molecule has 6 nitrogen and oxygen atoms in total. The highest BCUT2D eigenvalue weighted by molar-refractivity contribution is 5.89.